The molecule has 2 aromatic rings. The van der Waals surface area contributed by atoms with Crippen molar-refractivity contribution in [1.29, 1.82) is 0 Å². The second-order valence-electron chi connectivity index (χ2n) is 7.24. The van der Waals surface area contributed by atoms with Crippen molar-refractivity contribution in [2.45, 2.75) is 51.4 Å². The van der Waals surface area contributed by atoms with E-state index in [1.165, 1.54) is 12.4 Å². The number of ether oxygens (including phenoxy) is 1. The van der Waals surface area contributed by atoms with Crippen molar-refractivity contribution in [3.8, 4) is 0 Å². The maximum Gasteiger partial charge on any atom is 0.293 e. The maximum atomic E-state index is 11.8. The number of H-pyrrole nitrogens is 1. The van der Waals surface area contributed by atoms with Gasteiger partial charge in [-0.1, -0.05) is 0 Å². The lowest BCUT2D eigenvalue weighted by Gasteiger charge is -2.28. The predicted molar refractivity (Wildman–Crippen MR) is 90.3 cm³/mol. The van der Waals surface area contributed by atoms with Crippen LogP contribution in [0, 0.1) is 10.1 Å². The Bertz CT molecular complexity index is 872. The summed E-state index contributed by atoms with van der Waals surface area (Å²) in [5.74, 6) is 0. The van der Waals surface area contributed by atoms with Gasteiger partial charge in [0.25, 0.3) is 11.2 Å². The number of anilines is 1. The Labute approximate surface area is 138 Å². The van der Waals surface area contributed by atoms with Crippen LogP contribution in [0.4, 0.5) is 11.4 Å². The van der Waals surface area contributed by atoms with Crippen molar-refractivity contribution in [2.24, 2.45) is 0 Å². The average Bonchev–Trinajstić information content (AvgIpc) is 2.65. The average molecular weight is 332 g/mol. The van der Waals surface area contributed by atoms with Crippen molar-refractivity contribution in [1.82, 2.24) is 9.97 Å². The first kappa shape index (κ1) is 16.4. The van der Waals surface area contributed by atoms with Crippen molar-refractivity contribution < 1.29 is 9.66 Å². The van der Waals surface area contributed by atoms with E-state index >= 15 is 0 Å². The quantitative estimate of drug-likeness (QED) is 0.660. The first-order valence-electron chi connectivity index (χ1n) is 7.72. The van der Waals surface area contributed by atoms with E-state index in [4.69, 9.17) is 4.74 Å². The number of hydrogen-bond donors (Lipinski definition) is 2. The van der Waals surface area contributed by atoms with Crippen LogP contribution < -0.4 is 10.9 Å². The van der Waals surface area contributed by atoms with Crippen LogP contribution in [-0.4, -0.2) is 32.1 Å². The van der Waals surface area contributed by atoms with Gasteiger partial charge in [0.1, 0.15) is 5.69 Å². The highest BCUT2D eigenvalue weighted by atomic mass is 16.6. The van der Waals surface area contributed by atoms with Gasteiger partial charge >= 0.3 is 0 Å². The predicted octanol–water partition coefficient (Wildman–Crippen LogP) is 2.59. The molecule has 1 fully saturated rings. The summed E-state index contributed by atoms with van der Waals surface area (Å²) in [7, 11) is 0. The lowest BCUT2D eigenvalue weighted by molar-refractivity contribution is -0.383. The van der Waals surface area contributed by atoms with Gasteiger partial charge in [-0.2, -0.15) is 0 Å². The third-order valence-electron chi connectivity index (χ3n) is 4.36. The number of rotatable bonds is 3. The molecule has 1 atom stereocenters. The third kappa shape index (κ3) is 2.84. The van der Waals surface area contributed by atoms with Gasteiger partial charge in [0.15, 0.2) is 0 Å². The SMILES string of the molecule is CC1(C)CC(Nc2cc3nc[nH]c(=O)c3cc2[N+](=O)[O-])C(C)(C)O1. The number of aromatic nitrogens is 2. The number of benzene rings is 1. The highest BCUT2D eigenvalue weighted by Gasteiger charge is 2.46. The second-order valence-corrected chi connectivity index (χ2v) is 7.24. The van der Waals surface area contributed by atoms with E-state index in [2.05, 4.69) is 15.3 Å². The van der Waals surface area contributed by atoms with Gasteiger partial charge in [-0.25, -0.2) is 4.98 Å². The number of nitrogens with zero attached hydrogens (tertiary/aromatic N) is 2. The highest BCUT2D eigenvalue weighted by Crippen LogP contribution is 2.40. The van der Waals surface area contributed by atoms with Crippen molar-refractivity contribution in [3.63, 3.8) is 0 Å². The van der Waals surface area contributed by atoms with Gasteiger partial charge in [-0.15, -0.1) is 0 Å². The molecule has 8 heteroatoms. The Kier molecular flexibility index (Phi) is 3.60. The van der Waals surface area contributed by atoms with Gasteiger partial charge in [0, 0.05) is 6.07 Å². The zero-order chi connectivity index (χ0) is 17.7. The summed E-state index contributed by atoms with van der Waals surface area (Å²) in [5, 5.41) is 14.9. The minimum Gasteiger partial charge on any atom is -0.374 e. The second kappa shape index (κ2) is 5.27. The number of hydrogen-bond acceptors (Lipinski definition) is 6. The molecule has 128 valence electrons. The van der Waals surface area contributed by atoms with Gasteiger partial charge in [-0.3, -0.25) is 14.9 Å². The lowest BCUT2D eigenvalue weighted by atomic mass is 9.94. The summed E-state index contributed by atoms with van der Waals surface area (Å²) in [4.78, 5) is 29.3. The van der Waals surface area contributed by atoms with Gasteiger partial charge in [-0.05, 0) is 40.2 Å². The number of nitrogens with one attached hydrogen (secondary N) is 2. The topological polar surface area (TPSA) is 110 Å². The number of fused-ring (bicyclic) bond motifs is 1. The standard InChI is InChI=1S/C16H20N4O4/c1-15(2)7-13(16(3,4)24-15)19-11-6-10-9(5-12(11)20(22)23)14(21)18-8-17-10/h5-6,8,13,19H,7H2,1-4H3,(H,17,18,21). The molecule has 1 aliphatic heterocycles. The van der Waals surface area contributed by atoms with Crippen LogP contribution in [-0.2, 0) is 4.74 Å². The zero-order valence-electron chi connectivity index (χ0n) is 14.0. The Hall–Kier alpha value is -2.48. The van der Waals surface area contributed by atoms with E-state index in [1.54, 1.807) is 6.07 Å². The van der Waals surface area contributed by atoms with Crippen molar-refractivity contribution in [2.75, 3.05) is 5.32 Å². The minimum atomic E-state index is -0.498. The number of nitro groups is 1. The van der Waals surface area contributed by atoms with Crippen LogP contribution >= 0.6 is 0 Å². The molecule has 0 radical (unpaired) electrons. The molecular weight excluding hydrogens is 312 g/mol. The van der Waals surface area contributed by atoms with Gasteiger partial charge < -0.3 is 15.0 Å². The van der Waals surface area contributed by atoms with E-state index in [9.17, 15) is 14.9 Å². The number of nitro benzene ring substituents is 1. The summed E-state index contributed by atoms with van der Waals surface area (Å²) in [6.07, 6.45) is 1.99. The van der Waals surface area contributed by atoms with E-state index in [0.717, 1.165) is 0 Å². The lowest BCUT2D eigenvalue weighted by Crippen LogP contribution is -2.38. The Morgan fingerprint density at radius 3 is 2.67 bits per heavy atom. The van der Waals surface area contributed by atoms with E-state index in [1.807, 2.05) is 27.7 Å². The van der Waals surface area contributed by atoms with Gasteiger partial charge in [0.2, 0.25) is 0 Å². The Balaban J connectivity index is 2.07. The summed E-state index contributed by atoms with van der Waals surface area (Å²) in [6, 6.07) is 2.70. The van der Waals surface area contributed by atoms with Crippen LogP contribution in [0.15, 0.2) is 23.3 Å². The van der Waals surface area contributed by atoms with E-state index in [0.29, 0.717) is 17.6 Å². The number of aromatic amines is 1. The first-order valence-corrected chi connectivity index (χ1v) is 7.72. The molecule has 3 rings (SSSR count). The van der Waals surface area contributed by atoms with Crippen molar-refractivity contribution in [3.05, 3.63) is 38.9 Å². The van der Waals surface area contributed by atoms with E-state index < -0.39 is 16.1 Å². The minimum absolute atomic E-state index is 0.106. The molecule has 0 aliphatic carbocycles. The van der Waals surface area contributed by atoms with Crippen LogP contribution in [0.25, 0.3) is 10.9 Å². The largest absolute Gasteiger partial charge is 0.374 e. The molecule has 1 saturated heterocycles. The molecule has 1 aliphatic rings. The smallest absolute Gasteiger partial charge is 0.293 e. The van der Waals surface area contributed by atoms with Crippen LogP contribution in [0.2, 0.25) is 0 Å². The molecule has 0 spiro atoms. The normalized spacial score (nSPS) is 21.8. The van der Waals surface area contributed by atoms with Gasteiger partial charge in [0.05, 0.1) is 39.4 Å². The van der Waals surface area contributed by atoms with Crippen LogP contribution in [0.3, 0.4) is 0 Å². The zero-order valence-corrected chi connectivity index (χ0v) is 14.0. The third-order valence-corrected chi connectivity index (χ3v) is 4.36. The fraction of sp³-hybridized carbons (Fsp3) is 0.500. The molecule has 0 amide bonds. The highest BCUT2D eigenvalue weighted by molar-refractivity contribution is 5.86. The monoisotopic (exact) mass is 332 g/mol. The molecule has 24 heavy (non-hydrogen) atoms. The fourth-order valence-electron chi connectivity index (χ4n) is 3.35. The molecule has 0 saturated carbocycles. The van der Waals surface area contributed by atoms with Crippen LogP contribution in [0.5, 0.6) is 0 Å². The molecule has 0 bridgehead atoms. The molecule has 2 heterocycles. The molecule has 1 unspecified atom stereocenters. The fourth-order valence-corrected chi connectivity index (χ4v) is 3.35. The van der Waals surface area contributed by atoms with Crippen molar-refractivity contribution >= 4 is 22.3 Å². The summed E-state index contributed by atoms with van der Waals surface area (Å²) in [5.41, 5.74) is -0.606. The summed E-state index contributed by atoms with van der Waals surface area (Å²) >= 11 is 0. The Morgan fingerprint density at radius 2 is 2.08 bits per heavy atom. The maximum absolute atomic E-state index is 11.8. The molecular formula is C16H20N4O4. The first-order chi connectivity index (χ1) is 11.1. The Morgan fingerprint density at radius 1 is 1.38 bits per heavy atom. The van der Waals surface area contributed by atoms with Crippen LogP contribution in [0.1, 0.15) is 34.1 Å². The molecule has 1 aromatic heterocycles. The molecule has 1 aromatic carbocycles. The summed E-state index contributed by atoms with van der Waals surface area (Å²) < 4.78 is 6.02. The molecule has 2 N–H and O–H groups in total. The summed E-state index contributed by atoms with van der Waals surface area (Å²) in [6.45, 7) is 7.89. The van der Waals surface area contributed by atoms with E-state index in [-0.39, 0.29) is 22.7 Å². The molecule has 8 nitrogen and oxygen atoms in total.